The van der Waals surface area contributed by atoms with E-state index in [0.29, 0.717) is 15.9 Å². The van der Waals surface area contributed by atoms with Crippen molar-refractivity contribution in [1.82, 2.24) is 10.2 Å². The number of ether oxygens (including phenoxy) is 1. The first kappa shape index (κ1) is 17.1. The fourth-order valence-corrected chi connectivity index (χ4v) is 3.37. The zero-order chi connectivity index (χ0) is 15.9. The maximum Gasteiger partial charge on any atom is 0.266 e. The molecule has 1 amide bonds. The summed E-state index contributed by atoms with van der Waals surface area (Å²) in [4.78, 5) is 12.1. The lowest BCUT2D eigenvalue weighted by atomic mass is 10.3. The Hall–Kier alpha value is -1.31. The monoisotopic (exact) mass is 357 g/mol. The molecule has 118 valence electrons. The molecule has 8 heteroatoms. The normalized spacial score (nSPS) is 12.0. The van der Waals surface area contributed by atoms with Crippen LogP contribution < -0.4 is 10.1 Å². The Morgan fingerprint density at radius 3 is 3.05 bits per heavy atom. The zero-order valence-electron chi connectivity index (χ0n) is 12.2. The van der Waals surface area contributed by atoms with Crippen molar-refractivity contribution in [2.45, 2.75) is 30.7 Å². The highest BCUT2D eigenvalue weighted by Gasteiger charge is 2.17. The number of thioether (sulfide) groups is 1. The van der Waals surface area contributed by atoms with Crippen LogP contribution in [0, 0.1) is 0 Å². The summed E-state index contributed by atoms with van der Waals surface area (Å²) in [6.07, 6.45) is 0.408. The fourth-order valence-electron chi connectivity index (χ4n) is 1.51. The van der Waals surface area contributed by atoms with Crippen LogP contribution in [0.2, 0.25) is 5.02 Å². The number of carbonyl (C=O) groups is 1. The van der Waals surface area contributed by atoms with Gasteiger partial charge in [-0.3, -0.25) is 10.1 Å². The molecule has 1 aromatic carbocycles. The van der Waals surface area contributed by atoms with Crippen molar-refractivity contribution >= 4 is 45.7 Å². The molecule has 1 aromatic heterocycles. The third-order valence-corrected chi connectivity index (χ3v) is 4.96. The molecule has 2 rings (SSSR count). The molecule has 0 aliphatic heterocycles. The molecule has 0 saturated heterocycles. The maximum absolute atomic E-state index is 12.1. The first-order chi connectivity index (χ1) is 10.6. The lowest BCUT2D eigenvalue weighted by molar-refractivity contribution is -0.122. The van der Waals surface area contributed by atoms with Crippen LogP contribution in [-0.4, -0.2) is 28.0 Å². The second kappa shape index (κ2) is 8.36. The van der Waals surface area contributed by atoms with Gasteiger partial charge in [0.25, 0.3) is 5.91 Å². The van der Waals surface area contributed by atoms with Gasteiger partial charge < -0.3 is 4.74 Å². The van der Waals surface area contributed by atoms with Crippen LogP contribution in [0.25, 0.3) is 0 Å². The van der Waals surface area contributed by atoms with E-state index in [1.165, 1.54) is 11.3 Å². The Morgan fingerprint density at radius 2 is 2.32 bits per heavy atom. The molecule has 0 radical (unpaired) electrons. The largest absolute Gasteiger partial charge is 0.481 e. The van der Waals surface area contributed by atoms with E-state index in [0.717, 1.165) is 16.5 Å². The number of nitrogens with zero attached hydrogens (tertiary/aromatic N) is 2. The van der Waals surface area contributed by atoms with E-state index >= 15 is 0 Å². The fraction of sp³-hybridized carbons (Fsp3) is 0.357. The summed E-state index contributed by atoms with van der Waals surface area (Å²) < 4.78 is 6.40. The maximum atomic E-state index is 12.1. The Morgan fingerprint density at radius 1 is 1.50 bits per heavy atom. The van der Waals surface area contributed by atoms with Crippen LogP contribution in [0.5, 0.6) is 5.75 Å². The molecule has 0 unspecified atom stereocenters. The van der Waals surface area contributed by atoms with Gasteiger partial charge in [-0.2, -0.15) is 0 Å². The van der Waals surface area contributed by atoms with Crippen LogP contribution in [0.15, 0.2) is 28.6 Å². The van der Waals surface area contributed by atoms with E-state index in [4.69, 9.17) is 16.3 Å². The molecule has 22 heavy (non-hydrogen) atoms. The Labute approximate surface area is 142 Å². The van der Waals surface area contributed by atoms with Crippen molar-refractivity contribution in [3.05, 3.63) is 29.3 Å². The van der Waals surface area contributed by atoms with Crippen LogP contribution in [0.3, 0.4) is 0 Å². The number of rotatable bonds is 7. The summed E-state index contributed by atoms with van der Waals surface area (Å²) in [5.74, 6) is 1.26. The van der Waals surface area contributed by atoms with E-state index < -0.39 is 6.10 Å². The number of anilines is 1. The molecule has 5 nitrogen and oxygen atoms in total. The molecule has 1 N–H and O–H groups in total. The number of nitrogens with one attached hydrogen (secondary N) is 1. The van der Waals surface area contributed by atoms with Crippen LogP contribution in [-0.2, 0) is 4.79 Å². The molecular weight excluding hydrogens is 342 g/mol. The predicted molar refractivity (Wildman–Crippen MR) is 91.1 cm³/mol. The van der Waals surface area contributed by atoms with E-state index in [1.54, 1.807) is 43.0 Å². The number of aromatic nitrogens is 2. The second-order valence-corrected chi connectivity index (χ2v) is 7.18. The summed E-state index contributed by atoms with van der Waals surface area (Å²) in [6, 6.07) is 6.93. The average molecular weight is 358 g/mol. The molecule has 0 aliphatic rings. The van der Waals surface area contributed by atoms with Gasteiger partial charge in [-0.25, -0.2) is 0 Å². The van der Waals surface area contributed by atoms with E-state index in [1.807, 2.05) is 0 Å². The van der Waals surface area contributed by atoms with Gasteiger partial charge >= 0.3 is 0 Å². The summed E-state index contributed by atoms with van der Waals surface area (Å²) in [7, 11) is 0. The number of amides is 1. The molecule has 0 saturated carbocycles. The van der Waals surface area contributed by atoms with Crippen molar-refractivity contribution in [1.29, 1.82) is 0 Å². The van der Waals surface area contributed by atoms with E-state index in [9.17, 15) is 4.79 Å². The van der Waals surface area contributed by atoms with Gasteiger partial charge in [-0.05, 0) is 31.5 Å². The van der Waals surface area contributed by atoms with Crippen LogP contribution in [0.1, 0.15) is 20.3 Å². The molecule has 0 fully saturated rings. The molecule has 2 aromatic rings. The summed E-state index contributed by atoms with van der Waals surface area (Å²) in [5, 5.41) is 11.7. The number of carbonyl (C=O) groups excluding carboxylic acids is 1. The van der Waals surface area contributed by atoms with Crippen molar-refractivity contribution in [2.75, 3.05) is 11.1 Å². The Balaban J connectivity index is 1.89. The topological polar surface area (TPSA) is 64.1 Å². The standard InChI is InChI=1S/C14H16ClN3O2S2/c1-3-7-21-14-18-17-13(22-14)16-12(19)9(2)20-11-6-4-5-10(15)8-11/h4-6,8-9H,3,7H2,1-2H3,(H,16,17,19)/t9-/m1/s1. The summed E-state index contributed by atoms with van der Waals surface area (Å²) in [5.41, 5.74) is 0. The van der Waals surface area contributed by atoms with Crippen molar-refractivity contribution in [3.63, 3.8) is 0 Å². The number of benzene rings is 1. The van der Waals surface area contributed by atoms with Crippen molar-refractivity contribution < 1.29 is 9.53 Å². The molecule has 0 spiro atoms. The predicted octanol–water partition coefficient (Wildman–Crippen LogP) is 4.10. The molecule has 1 atom stereocenters. The molecule has 0 bridgehead atoms. The molecule has 1 heterocycles. The smallest absolute Gasteiger partial charge is 0.266 e. The number of hydrogen-bond acceptors (Lipinski definition) is 6. The first-order valence-electron chi connectivity index (χ1n) is 6.78. The Bertz CT molecular complexity index is 636. The van der Waals surface area contributed by atoms with Crippen LogP contribution in [0.4, 0.5) is 5.13 Å². The van der Waals surface area contributed by atoms with Gasteiger partial charge in [0.15, 0.2) is 10.4 Å². The highest BCUT2D eigenvalue weighted by Crippen LogP contribution is 2.26. The van der Waals surface area contributed by atoms with Gasteiger partial charge in [0.1, 0.15) is 5.75 Å². The summed E-state index contributed by atoms with van der Waals surface area (Å²) >= 11 is 8.87. The number of halogens is 1. The molecule has 0 aliphatic carbocycles. The van der Waals surface area contributed by atoms with Gasteiger partial charge in [0.05, 0.1) is 0 Å². The van der Waals surface area contributed by atoms with E-state index in [-0.39, 0.29) is 5.91 Å². The number of hydrogen-bond donors (Lipinski definition) is 1. The molecular formula is C14H16ClN3O2S2. The highest BCUT2D eigenvalue weighted by molar-refractivity contribution is 8.01. The second-order valence-electron chi connectivity index (χ2n) is 4.43. The average Bonchev–Trinajstić information content (AvgIpc) is 2.92. The highest BCUT2D eigenvalue weighted by atomic mass is 35.5. The summed E-state index contributed by atoms with van der Waals surface area (Å²) in [6.45, 7) is 3.77. The quantitative estimate of drug-likeness (QED) is 0.597. The minimum Gasteiger partial charge on any atom is -0.481 e. The van der Waals surface area contributed by atoms with Gasteiger partial charge in [0, 0.05) is 10.8 Å². The first-order valence-corrected chi connectivity index (χ1v) is 8.96. The van der Waals surface area contributed by atoms with Crippen molar-refractivity contribution in [3.8, 4) is 5.75 Å². The van der Waals surface area contributed by atoms with Crippen molar-refractivity contribution in [2.24, 2.45) is 0 Å². The van der Waals surface area contributed by atoms with E-state index in [2.05, 4.69) is 22.4 Å². The minimum absolute atomic E-state index is 0.275. The minimum atomic E-state index is -0.658. The van der Waals surface area contributed by atoms with Gasteiger partial charge in [-0.1, -0.05) is 47.7 Å². The lowest BCUT2D eigenvalue weighted by Crippen LogP contribution is -2.30. The Kier molecular flexibility index (Phi) is 6.48. The SMILES string of the molecule is CCCSc1nnc(NC(=O)[C@@H](C)Oc2cccc(Cl)c2)s1. The third kappa shape index (κ3) is 5.15. The lowest BCUT2D eigenvalue weighted by Gasteiger charge is -2.13. The van der Waals surface area contributed by atoms with Gasteiger partial charge in [0.2, 0.25) is 5.13 Å². The third-order valence-electron chi connectivity index (χ3n) is 2.54. The van der Waals surface area contributed by atoms with Gasteiger partial charge in [-0.15, -0.1) is 10.2 Å². The van der Waals surface area contributed by atoms with Crippen LogP contribution >= 0.6 is 34.7 Å². The zero-order valence-corrected chi connectivity index (χ0v) is 14.6.